The molecule has 0 aromatic rings. The molecular weight excluding hydrogens is 264 g/mol. The van der Waals surface area contributed by atoms with Crippen LogP contribution in [0.2, 0.25) is 0 Å². The Labute approximate surface area is 121 Å². The van der Waals surface area contributed by atoms with Crippen LogP contribution in [0.1, 0.15) is 6.42 Å². The van der Waals surface area contributed by atoms with E-state index in [2.05, 4.69) is 0 Å². The predicted octanol–water partition coefficient (Wildman–Crippen LogP) is -0.623. The van der Waals surface area contributed by atoms with Gasteiger partial charge in [0.25, 0.3) is 0 Å². The SMILES string of the molecule is NCCCOCCOCCOCCOCCOCCN. The molecule has 122 valence electrons. The van der Waals surface area contributed by atoms with Gasteiger partial charge in [-0.3, -0.25) is 0 Å². The summed E-state index contributed by atoms with van der Waals surface area (Å²) in [6.45, 7) is 7.07. The molecule has 7 heteroatoms. The third-order valence-electron chi connectivity index (χ3n) is 2.24. The maximum Gasteiger partial charge on any atom is 0.0701 e. The topological polar surface area (TPSA) is 98.2 Å². The van der Waals surface area contributed by atoms with Gasteiger partial charge in [0.1, 0.15) is 0 Å². The fraction of sp³-hybridized carbons (Fsp3) is 1.00. The van der Waals surface area contributed by atoms with Gasteiger partial charge in [0.15, 0.2) is 0 Å². The largest absolute Gasteiger partial charge is 0.379 e. The van der Waals surface area contributed by atoms with Gasteiger partial charge in [-0.05, 0) is 13.0 Å². The molecule has 0 aliphatic rings. The number of nitrogens with two attached hydrogens (primary N) is 2. The van der Waals surface area contributed by atoms with Crippen LogP contribution in [0.5, 0.6) is 0 Å². The lowest BCUT2D eigenvalue weighted by Gasteiger charge is -2.07. The first-order chi connectivity index (χ1) is 9.91. The summed E-state index contributed by atoms with van der Waals surface area (Å²) in [5, 5.41) is 0. The molecular formula is C13H30N2O5. The van der Waals surface area contributed by atoms with Crippen molar-refractivity contribution in [3.05, 3.63) is 0 Å². The zero-order valence-electron chi connectivity index (χ0n) is 12.4. The molecule has 0 heterocycles. The Morgan fingerprint density at radius 1 is 0.400 bits per heavy atom. The summed E-state index contributed by atoms with van der Waals surface area (Å²) in [5.41, 5.74) is 10.6. The van der Waals surface area contributed by atoms with Gasteiger partial charge in [0, 0.05) is 13.2 Å². The summed E-state index contributed by atoms with van der Waals surface area (Å²) in [7, 11) is 0. The normalized spacial score (nSPS) is 11.1. The highest BCUT2D eigenvalue weighted by Gasteiger charge is 1.93. The van der Waals surface area contributed by atoms with Gasteiger partial charge in [-0.15, -0.1) is 0 Å². The number of hydrogen-bond acceptors (Lipinski definition) is 7. The summed E-state index contributed by atoms with van der Waals surface area (Å²) < 4.78 is 26.4. The Morgan fingerprint density at radius 3 is 1.10 bits per heavy atom. The molecule has 0 aromatic heterocycles. The molecule has 0 aliphatic carbocycles. The van der Waals surface area contributed by atoms with Crippen LogP contribution in [0.4, 0.5) is 0 Å². The van der Waals surface area contributed by atoms with E-state index >= 15 is 0 Å². The van der Waals surface area contributed by atoms with Crippen LogP contribution in [0.15, 0.2) is 0 Å². The first-order valence-corrected chi connectivity index (χ1v) is 7.20. The van der Waals surface area contributed by atoms with Crippen molar-refractivity contribution in [2.45, 2.75) is 6.42 Å². The molecule has 4 N–H and O–H groups in total. The van der Waals surface area contributed by atoms with Crippen LogP contribution >= 0.6 is 0 Å². The van der Waals surface area contributed by atoms with Gasteiger partial charge in [-0.1, -0.05) is 0 Å². The van der Waals surface area contributed by atoms with Crippen LogP contribution < -0.4 is 11.5 Å². The van der Waals surface area contributed by atoms with Gasteiger partial charge in [-0.25, -0.2) is 0 Å². The standard InChI is InChI=1S/C13H30N2O5/c14-2-1-4-16-6-8-18-10-12-20-13-11-19-9-7-17-5-3-15/h1-15H2. The number of rotatable bonds is 17. The molecule has 0 saturated heterocycles. The number of hydrogen-bond donors (Lipinski definition) is 2. The van der Waals surface area contributed by atoms with Crippen molar-refractivity contribution in [1.29, 1.82) is 0 Å². The quantitative estimate of drug-likeness (QED) is 0.345. The summed E-state index contributed by atoms with van der Waals surface area (Å²) in [4.78, 5) is 0. The molecule has 0 atom stereocenters. The molecule has 0 rings (SSSR count). The van der Waals surface area contributed by atoms with E-state index < -0.39 is 0 Å². The average Bonchev–Trinajstić information content (AvgIpc) is 2.47. The molecule has 0 aliphatic heterocycles. The molecule has 0 saturated carbocycles. The zero-order chi connectivity index (χ0) is 14.7. The van der Waals surface area contributed by atoms with Crippen LogP contribution in [-0.4, -0.2) is 79.2 Å². The minimum Gasteiger partial charge on any atom is -0.379 e. The lowest BCUT2D eigenvalue weighted by atomic mass is 10.5. The minimum absolute atomic E-state index is 0.543. The lowest BCUT2D eigenvalue weighted by Crippen LogP contribution is -2.15. The summed E-state index contributed by atoms with van der Waals surface area (Å²) >= 11 is 0. The van der Waals surface area contributed by atoms with E-state index in [4.69, 9.17) is 35.2 Å². The Bertz CT molecular complexity index is 157. The lowest BCUT2D eigenvalue weighted by molar-refractivity contribution is -0.0105. The van der Waals surface area contributed by atoms with E-state index in [0.717, 1.165) is 6.42 Å². The van der Waals surface area contributed by atoms with E-state index in [1.165, 1.54) is 0 Å². The van der Waals surface area contributed by atoms with Crippen molar-refractivity contribution in [2.75, 3.05) is 79.2 Å². The van der Waals surface area contributed by atoms with Crippen molar-refractivity contribution in [2.24, 2.45) is 11.5 Å². The van der Waals surface area contributed by atoms with Gasteiger partial charge in [0.05, 0.1) is 59.5 Å². The zero-order valence-corrected chi connectivity index (χ0v) is 12.4. The van der Waals surface area contributed by atoms with Crippen LogP contribution in [0.25, 0.3) is 0 Å². The Kier molecular flexibility index (Phi) is 18.5. The van der Waals surface area contributed by atoms with Crippen molar-refractivity contribution in [1.82, 2.24) is 0 Å². The monoisotopic (exact) mass is 294 g/mol. The van der Waals surface area contributed by atoms with Crippen LogP contribution in [-0.2, 0) is 23.7 Å². The van der Waals surface area contributed by atoms with Crippen LogP contribution in [0, 0.1) is 0 Å². The van der Waals surface area contributed by atoms with Crippen LogP contribution in [0.3, 0.4) is 0 Å². The Morgan fingerprint density at radius 2 is 0.750 bits per heavy atom. The van der Waals surface area contributed by atoms with Gasteiger partial charge in [-0.2, -0.15) is 0 Å². The van der Waals surface area contributed by atoms with Gasteiger partial charge in [0.2, 0.25) is 0 Å². The van der Waals surface area contributed by atoms with Gasteiger partial charge < -0.3 is 35.2 Å². The number of ether oxygens (including phenoxy) is 5. The van der Waals surface area contributed by atoms with E-state index in [-0.39, 0.29) is 0 Å². The molecule has 0 aromatic carbocycles. The van der Waals surface area contributed by atoms with E-state index in [9.17, 15) is 0 Å². The molecule has 7 nitrogen and oxygen atoms in total. The highest BCUT2D eigenvalue weighted by molar-refractivity contribution is 4.38. The summed E-state index contributed by atoms with van der Waals surface area (Å²) in [6.07, 6.45) is 0.889. The first-order valence-electron chi connectivity index (χ1n) is 7.20. The van der Waals surface area contributed by atoms with E-state index in [1.807, 2.05) is 0 Å². The first kappa shape index (κ1) is 19.7. The third kappa shape index (κ3) is 17.7. The van der Waals surface area contributed by atoms with E-state index in [0.29, 0.717) is 79.2 Å². The molecule has 0 fully saturated rings. The van der Waals surface area contributed by atoms with Crippen molar-refractivity contribution >= 4 is 0 Å². The van der Waals surface area contributed by atoms with Gasteiger partial charge >= 0.3 is 0 Å². The fourth-order valence-electron chi connectivity index (χ4n) is 1.25. The Hall–Kier alpha value is -0.280. The fourth-order valence-corrected chi connectivity index (χ4v) is 1.25. The molecule has 0 unspecified atom stereocenters. The van der Waals surface area contributed by atoms with Crippen molar-refractivity contribution in [3.63, 3.8) is 0 Å². The second-order valence-electron chi connectivity index (χ2n) is 3.99. The van der Waals surface area contributed by atoms with Crippen molar-refractivity contribution in [3.8, 4) is 0 Å². The highest BCUT2D eigenvalue weighted by atomic mass is 16.6. The molecule has 0 bridgehead atoms. The maximum atomic E-state index is 5.34. The summed E-state index contributed by atoms with van der Waals surface area (Å²) in [6, 6.07) is 0. The molecule has 0 spiro atoms. The maximum absolute atomic E-state index is 5.34. The van der Waals surface area contributed by atoms with E-state index in [1.54, 1.807) is 0 Å². The average molecular weight is 294 g/mol. The third-order valence-corrected chi connectivity index (χ3v) is 2.24. The smallest absolute Gasteiger partial charge is 0.0701 e. The molecule has 0 radical (unpaired) electrons. The second kappa shape index (κ2) is 18.7. The predicted molar refractivity (Wildman–Crippen MR) is 76.8 cm³/mol. The minimum atomic E-state index is 0.543. The van der Waals surface area contributed by atoms with Crippen molar-refractivity contribution < 1.29 is 23.7 Å². The second-order valence-corrected chi connectivity index (χ2v) is 3.99. The Balaban J connectivity index is 2.89. The summed E-state index contributed by atoms with van der Waals surface area (Å²) in [5.74, 6) is 0. The molecule has 0 amide bonds. The highest BCUT2D eigenvalue weighted by Crippen LogP contribution is 1.84. The molecule has 20 heavy (non-hydrogen) atoms.